The number of hydrogen-bond donors (Lipinski definition) is 2. The molecule has 0 saturated heterocycles. The molecule has 4 nitrogen and oxygen atoms in total. The maximum Gasteiger partial charge on any atom is 0.238 e. The van der Waals surface area contributed by atoms with Crippen molar-refractivity contribution in [2.75, 3.05) is 31.5 Å². The van der Waals surface area contributed by atoms with Gasteiger partial charge in [0.15, 0.2) is 0 Å². The molecule has 1 amide bonds. The zero-order valence-electron chi connectivity index (χ0n) is 14.4. The van der Waals surface area contributed by atoms with Crippen molar-refractivity contribution in [3.8, 4) is 0 Å². The van der Waals surface area contributed by atoms with Crippen LogP contribution < -0.4 is 11.1 Å². The molecule has 0 bridgehead atoms. The van der Waals surface area contributed by atoms with Gasteiger partial charge in [0, 0.05) is 25.3 Å². The molecule has 2 aromatic carbocycles. The number of hydrogen-bond acceptors (Lipinski definition) is 3. The van der Waals surface area contributed by atoms with Gasteiger partial charge in [0.1, 0.15) is 0 Å². The highest BCUT2D eigenvalue weighted by molar-refractivity contribution is 5.92. The molecule has 0 radical (unpaired) electrons. The first-order valence-corrected chi connectivity index (χ1v) is 8.56. The molecule has 0 aliphatic heterocycles. The highest BCUT2D eigenvalue weighted by Gasteiger charge is 2.10. The Morgan fingerprint density at radius 2 is 1.79 bits per heavy atom. The van der Waals surface area contributed by atoms with Crippen LogP contribution in [-0.2, 0) is 17.6 Å². The summed E-state index contributed by atoms with van der Waals surface area (Å²) in [5, 5.41) is 2.98. The standard InChI is InChI=1S/C20H27N3O/c1-2-17-9-6-10-19(15-17)22-20(24)16-23(14-12-21)13-11-18-7-4-3-5-8-18/h3-10,15H,2,11-14,16,21H2,1H3,(H,22,24). The molecule has 0 heterocycles. The molecule has 128 valence electrons. The molecule has 2 aromatic rings. The van der Waals surface area contributed by atoms with Crippen LogP contribution in [0.3, 0.4) is 0 Å². The monoisotopic (exact) mass is 325 g/mol. The first-order valence-electron chi connectivity index (χ1n) is 8.56. The van der Waals surface area contributed by atoms with E-state index < -0.39 is 0 Å². The largest absolute Gasteiger partial charge is 0.329 e. The van der Waals surface area contributed by atoms with Gasteiger partial charge in [-0.2, -0.15) is 0 Å². The van der Waals surface area contributed by atoms with Crippen LogP contribution in [-0.4, -0.2) is 37.0 Å². The van der Waals surface area contributed by atoms with Gasteiger partial charge in [-0.3, -0.25) is 9.69 Å². The van der Waals surface area contributed by atoms with Crippen LogP contribution in [0.15, 0.2) is 54.6 Å². The van der Waals surface area contributed by atoms with E-state index in [4.69, 9.17) is 5.73 Å². The van der Waals surface area contributed by atoms with Gasteiger partial charge in [-0.25, -0.2) is 0 Å². The number of aryl methyl sites for hydroxylation is 1. The van der Waals surface area contributed by atoms with Crippen LogP contribution >= 0.6 is 0 Å². The van der Waals surface area contributed by atoms with E-state index in [0.717, 1.165) is 31.6 Å². The third-order valence-electron chi connectivity index (χ3n) is 3.99. The number of nitrogens with two attached hydrogens (primary N) is 1. The summed E-state index contributed by atoms with van der Waals surface area (Å²) in [5.74, 6) is 0.00441. The maximum atomic E-state index is 12.3. The SMILES string of the molecule is CCc1cccc(NC(=O)CN(CCN)CCc2ccccc2)c1. The lowest BCUT2D eigenvalue weighted by atomic mass is 10.1. The molecule has 24 heavy (non-hydrogen) atoms. The fourth-order valence-electron chi connectivity index (χ4n) is 2.66. The third kappa shape index (κ3) is 6.14. The van der Waals surface area contributed by atoms with E-state index in [1.165, 1.54) is 11.1 Å². The first kappa shape index (κ1) is 18.2. The molecule has 0 aliphatic carbocycles. The minimum atomic E-state index is 0.00441. The Hall–Kier alpha value is -2.17. The fraction of sp³-hybridized carbons (Fsp3) is 0.350. The Morgan fingerprint density at radius 1 is 1.04 bits per heavy atom. The summed E-state index contributed by atoms with van der Waals surface area (Å²) in [6.07, 6.45) is 1.87. The van der Waals surface area contributed by atoms with Crippen LogP contribution in [0.5, 0.6) is 0 Å². The summed E-state index contributed by atoms with van der Waals surface area (Å²) in [5.41, 5.74) is 9.04. The third-order valence-corrected chi connectivity index (χ3v) is 3.99. The van der Waals surface area contributed by atoms with Crippen LogP contribution in [0.25, 0.3) is 0 Å². The van der Waals surface area contributed by atoms with Crippen LogP contribution in [0.4, 0.5) is 5.69 Å². The van der Waals surface area contributed by atoms with Crippen molar-refractivity contribution in [3.05, 3.63) is 65.7 Å². The van der Waals surface area contributed by atoms with Gasteiger partial charge < -0.3 is 11.1 Å². The topological polar surface area (TPSA) is 58.4 Å². The number of carbonyl (C=O) groups excluding carboxylic acids is 1. The smallest absolute Gasteiger partial charge is 0.238 e. The number of anilines is 1. The summed E-state index contributed by atoms with van der Waals surface area (Å²) >= 11 is 0. The van der Waals surface area contributed by atoms with Crippen molar-refractivity contribution >= 4 is 11.6 Å². The molecule has 2 rings (SSSR count). The van der Waals surface area contributed by atoms with Crippen molar-refractivity contribution in [1.82, 2.24) is 4.90 Å². The van der Waals surface area contributed by atoms with Gasteiger partial charge in [0.2, 0.25) is 5.91 Å². The fourth-order valence-corrected chi connectivity index (χ4v) is 2.66. The Labute approximate surface area is 144 Å². The Balaban J connectivity index is 1.87. The van der Waals surface area contributed by atoms with E-state index in [1.54, 1.807) is 0 Å². The summed E-state index contributed by atoms with van der Waals surface area (Å²) in [6.45, 7) is 4.56. The van der Waals surface area contributed by atoms with Crippen molar-refractivity contribution < 1.29 is 4.79 Å². The van der Waals surface area contributed by atoms with E-state index in [1.807, 2.05) is 36.4 Å². The van der Waals surface area contributed by atoms with Gasteiger partial charge in [0.05, 0.1) is 6.54 Å². The predicted octanol–water partition coefficient (Wildman–Crippen LogP) is 2.69. The molecule has 0 aromatic heterocycles. The minimum absolute atomic E-state index is 0.00441. The molecular formula is C20H27N3O. The lowest BCUT2D eigenvalue weighted by molar-refractivity contribution is -0.117. The van der Waals surface area contributed by atoms with Crippen LogP contribution in [0.2, 0.25) is 0 Å². The summed E-state index contributed by atoms with van der Waals surface area (Å²) in [6, 6.07) is 18.3. The van der Waals surface area contributed by atoms with E-state index in [0.29, 0.717) is 13.1 Å². The molecule has 0 atom stereocenters. The first-order chi connectivity index (χ1) is 11.7. The number of nitrogens with zero attached hydrogens (tertiary/aromatic N) is 1. The second-order valence-corrected chi connectivity index (χ2v) is 5.90. The van der Waals surface area contributed by atoms with Crippen LogP contribution in [0, 0.1) is 0 Å². The number of benzene rings is 2. The van der Waals surface area contributed by atoms with E-state index in [-0.39, 0.29) is 5.91 Å². The molecule has 0 spiro atoms. The normalized spacial score (nSPS) is 10.8. The lowest BCUT2D eigenvalue weighted by Crippen LogP contribution is -2.38. The number of nitrogens with one attached hydrogen (secondary N) is 1. The molecule has 0 fully saturated rings. The van der Waals surface area contributed by atoms with E-state index in [9.17, 15) is 4.79 Å². The van der Waals surface area contributed by atoms with E-state index >= 15 is 0 Å². The molecule has 0 unspecified atom stereocenters. The van der Waals surface area contributed by atoms with E-state index in [2.05, 4.69) is 35.3 Å². The Morgan fingerprint density at radius 3 is 2.50 bits per heavy atom. The number of amides is 1. The summed E-state index contributed by atoms with van der Waals surface area (Å²) in [4.78, 5) is 14.4. The van der Waals surface area contributed by atoms with Gasteiger partial charge in [-0.1, -0.05) is 49.4 Å². The summed E-state index contributed by atoms with van der Waals surface area (Å²) < 4.78 is 0. The van der Waals surface area contributed by atoms with Gasteiger partial charge in [-0.05, 0) is 36.1 Å². The Bertz CT molecular complexity index is 628. The highest BCUT2D eigenvalue weighted by atomic mass is 16.2. The Kier molecular flexibility index (Phi) is 7.46. The molecule has 4 heteroatoms. The van der Waals surface area contributed by atoms with Gasteiger partial charge >= 0.3 is 0 Å². The zero-order chi connectivity index (χ0) is 17.2. The van der Waals surface area contributed by atoms with Crippen molar-refractivity contribution in [2.24, 2.45) is 5.73 Å². The molecule has 0 saturated carbocycles. The zero-order valence-corrected chi connectivity index (χ0v) is 14.4. The van der Waals surface area contributed by atoms with Crippen molar-refractivity contribution in [3.63, 3.8) is 0 Å². The predicted molar refractivity (Wildman–Crippen MR) is 100 cm³/mol. The van der Waals surface area contributed by atoms with Crippen molar-refractivity contribution in [2.45, 2.75) is 19.8 Å². The molecule has 3 N–H and O–H groups in total. The maximum absolute atomic E-state index is 12.3. The van der Waals surface area contributed by atoms with Gasteiger partial charge in [-0.15, -0.1) is 0 Å². The second kappa shape index (κ2) is 9.85. The van der Waals surface area contributed by atoms with Gasteiger partial charge in [0.25, 0.3) is 0 Å². The summed E-state index contributed by atoms with van der Waals surface area (Å²) in [7, 11) is 0. The highest BCUT2D eigenvalue weighted by Crippen LogP contribution is 2.11. The van der Waals surface area contributed by atoms with Crippen molar-refractivity contribution in [1.29, 1.82) is 0 Å². The lowest BCUT2D eigenvalue weighted by Gasteiger charge is -2.21. The van der Waals surface area contributed by atoms with Crippen LogP contribution in [0.1, 0.15) is 18.1 Å². The number of rotatable bonds is 9. The number of carbonyl (C=O) groups is 1. The molecular weight excluding hydrogens is 298 g/mol. The average Bonchev–Trinajstić information content (AvgIpc) is 2.61. The minimum Gasteiger partial charge on any atom is -0.329 e. The average molecular weight is 325 g/mol. The molecule has 0 aliphatic rings. The second-order valence-electron chi connectivity index (χ2n) is 5.90. The quantitative estimate of drug-likeness (QED) is 0.745.